The Morgan fingerprint density at radius 2 is 1.86 bits per heavy atom. The van der Waals surface area contributed by atoms with Crippen LogP contribution in [0.3, 0.4) is 0 Å². The molecule has 3 unspecified atom stereocenters. The zero-order valence-electron chi connectivity index (χ0n) is 12.8. The highest BCUT2D eigenvalue weighted by Gasteiger charge is 2.25. The highest BCUT2D eigenvalue weighted by molar-refractivity contribution is 5.75. The number of aromatic nitrogens is 2. The minimum absolute atomic E-state index is 0.158. The van der Waals surface area contributed by atoms with Crippen molar-refractivity contribution in [2.24, 2.45) is 0 Å². The number of H-pyrrole nitrogens is 2. The van der Waals surface area contributed by atoms with Crippen molar-refractivity contribution in [2.45, 2.75) is 57.9 Å². The van der Waals surface area contributed by atoms with Crippen molar-refractivity contribution in [3.8, 4) is 0 Å². The van der Waals surface area contributed by atoms with Crippen molar-refractivity contribution >= 4 is 11.0 Å². The Bertz CT molecular complexity index is 665. The van der Waals surface area contributed by atoms with Crippen molar-refractivity contribution in [1.29, 1.82) is 0 Å². The molecule has 0 amide bonds. The largest absolute Gasteiger partial charge is 0.375 e. The standard InChI is InChI=1S/C16H23N3O2/c1-9-6-13(7-10(2)21-9)17-11(3)12-4-5-14-15(8-12)19-16(20)18-14/h4-5,8-11,13,17H,6-7H2,1-3H3,(H2,18,19,20). The first-order valence-electron chi connectivity index (χ1n) is 7.64. The molecule has 1 fully saturated rings. The maximum Gasteiger partial charge on any atom is 0.323 e. The van der Waals surface area contributed by atoms with E-state index in [1.807, 2.05) is 12.1 Å². The van der Waals surface area contributed by atoms with Gasteiger partial charge in [0.25, 0.3) is 0 Å². The summed E-state index contributed by atoms with van der Waals surface area (Å²) in [5, 5.41) is 3.69. The second-order valence-corrected chi connectivity index (χ2v) is 6.20. The predicted octanol–water partition coefficient (Wildman–Crippen LogP) is 2.46. The fourth-order valence-electron chi connectivity index (χ4n) is 3.31. The molecule has 0 spiro atoms. The number of hydrogen-bond acceptors (Lipinski definition) is 3. The Hall–Kier alpha value is -1.59. The number of hydrogen-bond donors (Lipinski definition) is 3. The van der Waals surface area contributed by atoms with Crippen molar-refractivity contribution in [3.63, 3.8) is 0 Å². The van der Waals surface area contributed by atoms with Crippen LogP contribution in [0.4, 0.5) is 0 Å². The highest BCUT2D eigenvalue weighted by atomic mass is 16.5. The molecule has 1 aliphatic heterocycles. The molecule has 1 aromatic heterocycles. The summed E-state index contributed by atoms with van der Waals surface area (Å²) in [6.07, 6.45) is 2.69. The summed E-state index contributed by atoms with van der Waals surface area (Å²) in [4.78, 5) is 16.9. The van der Waals surface area contributed by atoms with Crippen molar-refractivity contribution in [1.82, 2.24) is 15.3 Å². The molecule has 114 valence electrons. The average molecular weight is 289 g/mol. The number of nitrogens with one attached hydrogen (secondary N) is 3. The van der Waals surface area contributed by atoms with Gasteiger partial charge >= 0.3 is 5.69 Å². The summed E-state index contributed by atoms with van der Waals surface area (Å²) < 4.78 is 5.78. The molecule has 1 aromatic carbocycles. The van der Waals surface area contributed by atoms with Gasteiger partial charge in [0.1, 0.15) is 0 Å². The minimum Gasteiger partial charge on any atom is -0.375 e. The quantitative estimate of drug-likeness (QED) is 0.813. The van der Waals surface area contributed by atoms with Gasteiger partial charge in [-0.2, -0.15) is 0 Å². The van der Waals surface area contributed by atoms with Crippen LogP contribution in [-0.4, -0.2) is 28.2 Å². The zero-order valence-corrected chi connectivity index (χ0v) is 12.8. The first-order valence-corrected chi connectivity index (χ1v) is 7.64. The molecule has 2 aromatic rings. The second-order valence-electron chi connectivity index (χ2n) is 6.20. The fraction of sp³-hybridized carbons (Fsp3) is 0.562. The molecular formula is C16H23N3O2. The lowest BCUT2D eigenvalue weighted by Gasteiger charge is -2.34. The molecule has 2 heterocycles. The van der Waals surface area contributed by atoms with E-state index >= 15 is 0 Å². The summed E-state index contributed by atoms with van der Waals surface area (Å²) in [5.74, 6) is 0. The maximum atomic E-state index is 11.3. The smallest absolute Gasteiger partial charge is 0.323 e. The van der Waals surface area contributed by atoms with Crippen LogP contribution in [0.1, 0.15) is 45.2 Å². The molecule has 21 heavy (non-hydrogen) atoms. The lowest BCUT2D eigenvalue weighted by Crippen LogP contribution is -2.42. The van der Waals surface area contributed by atoms with Crippen molar-refractivity contribution in [3.05, 3.63) is 34.2 Å². The number of fused-ring (bicyclic) bond motifs is 1. The van der Waals surface area contributed by atoms with Crippen LogP contribution < -0.4 is 11.0 Å². The Morgan fingerprint density at radius 1 is 1.19 bits per heavy atom. The summed E-state index contributed by atoms with van der Waals surface area (Å²) in [6.45, 7) is 6.42. The summed E-state index contributed by atoms with van der Waals surface area (Å²) in [6, 6.07) is 6.78. The maximum absolute atomic E-state index is 11.3. The number of aromatic amines is 2. The van der Waals surface area contributed by atoms with Crippen LogP contribution in [0.15, 0.2) is 23.0 Å². The molecule has 0 saturated carbocycles. The molecule has 1 aliphatic rings. The number of rotatable bonds is 3. The molecule has 0 bridgehead atoms. The van der Waals surface area contributed by atoms with Crippen LogP contribution in [0.2, 0.25) is 0 Å². The van der Waals surface area contributed by atoms with E-state index in [2.05, 4.69) is 42.1 Å². The van der Waals surface area contributed by atoms with E-state index in [4.69, 9.17) is 4.74 Å². The third-order valence-electron chi connectivity index (χ3n) is 4.22. The molecule has 0 aliphatic carbocycles. The first kappa shape index (κ1) is 14.4. The highest BCUT2D eigenvalue weighted by Crippen LogP contribution is 2.23. The lowest BCUT2D eigenvalue weighted by atomic mass is 9.97. The molecule has 3 rings (SSSR count). The molecule has 1 saturated heterocycles. The van der Waals surface area contributed by atoms with Gasteiger partial charge in [-0.25, -0.2) is 4.79 Å². The Morgan fingerprint density at radius 3 is 2.57 bits per heavy atom. The lowest BCUT2D eigenvalue weighted by molar-refractivity contribution is -0.0433. The SMILES string of the molecule is CC1CC(NC(C)c2ccc3[nH]c(=O)[nH]c3c2)CC(C)O1. The Labute approximate surface area is 124 Å². The Balaban J connectivity index is 1.73. The van der Waals surface area contributed by atoms with Gasteiger partial charge in [0.05, 0.1) is 23.2 Å². The van der Waals surface area contributed by atoms with E-state index in [1.54, 1.807) is 0 Å². The normalized spacial score (nSPS) is 27.9. The zero-order chi connectivity index (χ0) is 15.0. The molecule has 3 N–H and O–H groups in total. The van der Waals surface area contributed by atoms with Gasteiger partial charge in [0.15, 0.2) is 0 Å². The van der Waals surface area contributed by atoms with Crippen LogP contribution >= 0.6 is 0 Å². The van der Waals surface area contributed by atoms with Gasteiger partial charge < -0.3 is 20.0 Å². The monoisotopic (exact) mass is 289 g/mol. The second kappa shape index (κ2) is 5.66. The van der Waals surface area contributed by atoms with E-state index in [0.29, 0.717) is 18.2 Å². The molecule has 5 nitrogen and oxygen atoms in total. The third-order valence-corrected chi connectivity index (χ3v) is 4.22. The predicted molar refractivity (Wildman–Crippen MR) is 83.5 cm³/mol. The van der Waals surface area contributed by atoms with Crippen LogP contribution in [0, 0.1) is 0 Å². The molecular weight excluding hydrogens is 266 g/mol. The third kappa shape index (κ3) is 3.19. The topological polar surface area (TPSA) is 69.9 Å². The van der Waals surface area contributed by atoms with E-state index in [-0.39, 0.29) is 11.7 Å². The van der Waals surface area contributed by atoms with E-state index < -0.39 is 0 Å². The van der Waals surface area contributed by atoms with Crippen LogP contribution in [-0.2, 0) is 4.74 Å². The van der Waals surface area contributed by atoms with Gasteiger partial charge in [-0.1, -0.05) is 6.07 Å². The molecule has 5 heteroatoms. The molecule has 3 atom stereocenters. The van der Waals surface area contributed by atoms with Gasteiger partial charge in [-0.3, -0.25) is 0 Å². The first-order chi connectivity index (χ1) is 10.0. The van der Waals surface area contributed by atoms with Crippen molar-refractivity contribution in [2.75, 3.05) is 0 Å². The summed E-state index contributed by atoms with van der Waals surface area (Å²) >= 11 is 0. The van der Waals surface area contributed by atoms with E-state index in [0.717, 1.165) is 23.9 Å². The minimum atomic E-state index is -0.158. The van der Waals surface area contributed by atoms with Gasteiger partial charge in [0.2, 0.25) is 0 Å². The van der Waals surface area contributed by atoms with Crippen LogP contribution in [0.25, 0.3) is 11.0 Å². The fourth-order valence-corrected chi connectivity index (χ4v) is 3.31. The average Bonchev–Trinajstić information content (AvgIpc) is 2.76. The van der Waals surface area contributed by atoms with Gasteiger partial charge in [-0.05, 0) is 51.3 Å². The molecule has 0 radical (unpaired) electrons. The Kier molecular flexibility index (Phi) is 3.87. The number of benzene rings is 1. The van der Waals surface area contributed by atoms with Gasteiger partial charge in [0, 0.05) is 12.1 Å². The summed E-state index contributed by atoms with van der Waals surface area (Å²) in [5.41, 5.74) is 2.74. The van der Waals surface area contributed by atoms with Crippen molar-refractivity contribution < 1.29 is 4.74 Å². The van der Waals surface area contributed by atoms with E-state index in [9.17, 15) is 4.79 Å². The van der Waals surface area contributed by atoms with E-state index in [1.165, 1.54) is 5.56 Å². The number of ether oxygens (including phenoxy) is 1. The number of imidazole rings is 1. The summed E-state index contributed by atoms with van der Waals surface area (Å²) in [7, 11) is 0. The van der Waals surface area contributed by atoms with Gasteiger partial charge in [-0.15, -0.1) is 0 Å². The van der Waals surface area contributed by atoms with Crippen LogP contribution in [0.5, 0.6) is 0 Å².